The van der Waals surface area contributed by atoms with Crippen molar-refractivity contribution in [1.82, 2.24) is 29.7 Å². The smallest absolute Gasteiger partial charge is 0.410 e. The summed E-state index contributed by atoms with van der Waals surface area (Å²) in [5.41, 5.74) is -0.970. The number of rotatable bonds is 26. The van der Waals surface area contributed by atoms with E-state index in [1.54, 1.807) is 41.4 Å². The van der Waals surface area contributed by atoms with E-state index < -0.39 is 63.3 Å². The van der Waals surface area contributed by atoms with E-state index in [1.807, 2.05) is 20.8 Å². The lowest BCUT2D eigenvalue weighted by Gasteiger charge is -2.35. The highest BCUT2D eigenvalue weighted by atomic mass is 19.1. The van der Waals surface area contributed by atoms with Crippen molar-refractivity contribution in [2.45, 2.75) is 78.7 Å². The van der Waals surface area contributed by atoms with Crippen LogP contribution in [-0.4, -0.2) is 145 Å². The summed E-state index contributed by atoms with van der Waals surface area (Å²) in [6, 6.07) is 26.9. The lowest BCUT2D eigenvalue weighted by Crippen LogP contribution is -2.50. The third kappa shape index (κ3) is 17.6. The molecule has 3 heterocycles. The van der Waals surface area contributed by atoms with Gasteiger partial charge >= 0.3 is 6.09 Å². The molecule has 0 bridgehead atoms. The lowest BCUT2D eigenvalue weighted by atomic mass is 10.0. The van der Waals surface area contributed by atoms with Crippen molar-refractivity contribution in [2.24, 2.45) is 10.8 Å². The molecule has 11 rings (SSSR count). The van der Waals surface area contributed by atoms with Gasteiger partial charge in [-0.3, -0.25) is 29.1 Å². The molecule has 5 amide bonds. The molecule has 3 aliphatic rings. The molecule has 98 heavy (non-hydrogen) atoms. The number of methoxy groups -OCH3 is 2. The Morgan fingerprint density at radius 2 is 0.990 bits per heavy atom. The van der Waals surface area contributed by atoms with Gasteiger partial charge in [0.1, 0.15) is 40.1 Å². The fourth-order valence-corrected chi connectivity index (χ4v) is 10.8. The summed E-state index contributed by atoms with van der Waals surface area (Å²) in [5, 5.41) is 11.6. The van der Waals surface area contributed by atoms with Crippen molar-refractivity contribution in [3.63, 3.8) is 0 Å². The van der Waals surface area contributed by atoms with Gasteiger partial charge < -0.3 is 64.2 Å². The first kappa shape index (κ1) is 70.5. The maximum Gasteiger partial charge on any atom is 0.410 e. The number of nitrogens with one attached hydrogen (secondary N) is 4. The Hall–Kier alpha value is -10.3. The number of hydrogen-bond acceptors (Lipinski definition) is 17. The SMILES string of the molecule is CCN(CC)CCCOc1cc2ncnc(Oc3ccc(NC(=O)C4(C(=O)Nc5ccc(F)cc5)CC4)cc3F)c2cc1OC.COc1cc2c(Oc3ccc(NC(=O)C4(C(=O)Nc5ccc(F)cc5)CC4)cc3F)ccnc2cc1OCCCN1CCN(C(=O)OC(C)(C)C)CC1. The zero-order valence-corrected chi connectivity index (χ0v) is 55.5. The number of amides is 5. The minimum absolute atomic E-state index is 0.0862. The summed E-state index contributed by atoms with van der Waals surface area (Å²) < 4.78 is 97.5. The van der Waals surface area contributed by atoms with Crippen molar-refractivity contribution in [1.29, 1.82) is 0 Å². The summed E-state index contributed by atoms with van der Waals surface area (Å²) in [5.74, 6) is -2.33. The summed E-state index contributed by atoms with van der Waals surface area (Å²) in [4.78, 5) is 83.5. The summed E-state index contributed by atoms with van der Waals surface area (Å²) in [7, 11) is 3.05. The van der Waals surface area contributed by atoms with Crippen LogP contribution in [-0.2, 0) is 23.9 Å². The van der Waals surface area contributed by atoms with Gasteiger partial charge in [-0.1, -0.05) is 13.8 Å². The molecule has 6 aromatic carbocycles. The number of nitrogens with zero attached hydrogens (tertiary/aromatic N) is 6. The highest BCUT2D eigenvalue weighted by Crippen LogP contribution is 2.49. The van der Waals surface area contributed by atoms with Crippen LogP contribution >= 0.6 is 0 Å². The number of pyridine rings is 1. The summed E-state index contributed by atoms with van der Waals surface area (Å²) >= 11 is 0. The first-order chi connectivity index (χ1) is 47.1. The summed E-state index contributed by atoms with van der Waals surface area (Å²) in [6.45, 7) is 17.2. The van der Waals surface area contributed by atoms with Gasteiger partial charge in [0.2, 0.25) is 29.5 Å². The van der Waals surface area contributed by atoms with E-state index in [0.29, 0.717) is 114 Å². The molecule has 4 N–H and O–H groups in total. The quantitative estimate of drug-likeness (QED) is 0.0224. The zero-order valence-electron chi connectivity index (χ0n) is 55.5. The third-order valence-electron chi connectivity index (χ3n) is 16.8. The Morgan fingerprint density at radius 1 is 0.520 bits per heavy atom. The maximum atomic E-state index is 15.3. The number of hydrogen-bond donors (Lipinski definition) is 4. The molecular weight excluding hydrogens is 1270 g/mol. The minimum Gasteiger partial charge on any atom is -0.493 e. The van der Waals surface area contributed by atoms with Gasteiger partial charge in [0.05, 0.1) is 43.9 Å². The molecule has 3 fully saturated rings. The predicted molar refractivity (Wildman–Crippen MR) is 360 cm³/mol. The topological polar surface area (TPSA) is 246 Å². The van der Waals surface area contributed by atoms with Crippen LogP contribution in [0.3, 0.4) is 0 Å². The Bertz CT molecular complexity index is 4180. The van der Waals surface area contributed by atoms with E-state index in [2.05, 4.69) is 59.9 Å². The summed E-state index contributed by atoms with van der Waals surface area (Å²) in [6.07, 6.45) is 5.51. The second-order valence-electron chi connectivity index (χ2n) is 24.8. The van der Waals surface area contributed by atoms with E-state index in [4.69, 9.17) is 33.2 Å². The van der Waals surface area contributed by atoms with Crippen LogP contribution in [0, 0.1) is 34.1 Å². The van der Waals surface area contributed by atoms with Gasteiger partial charge in [-0.05, 0) is 163 Å². The fraction of sp³-hybridized carbons (Fsp3) is 0.361. The van der Waals surface area contributed by atoms with Crippen LogP contribution in [0.5, 0.6) is 46.1 Å². The molecule has 0 spiro atoms. The number of piperazine rings is 1. The molecule has 8 aromatic rings. The van der Waals surface area contributed by atoms with E-state index >= 15 is 8.78 Å². The third-order valence-corrected chi connectivity index (χ3v) is 16.8. The van der Waals surface area contributed by atoms with Crippen molar-refractivity contribution < 1.29 is 74.7 Å². The molecule has 1 saturated heterocycles. The number of fused-ring (bicyclic) bond motifs is 2. The number of halogens is 4. The average molecular weight is 1350 g/mol. The van der Waals surface area contributed by atoms with Crippen LogP contribution in [0.25, 0.3) is 21.8 Å². The van der Waals surface area contributed by atoms with E-state index in [1.165, 1.54) is 93.3 Å². The molecule has 2 aromatic heterocycles. The van der Waals surface area contributed by atoms with Crippen LogP contribution in [0.1, 0.15) is 73.1 Å². The molecule has 0 unspecified atom stereocenters. The van der Waals surface area contributed by atoms with Crippen molar-refractivity contribution in [2.75, 3.05) is 101 Å². The highest BCUT2D eigenvalue weighted by molar-refractivity contribution is 6.18. The average Bonchev–Trinajstić information content (AvgIpc) is 1.72. The van der Waals surface area contributed by atoms with Gasteiger partial charge in [-0.2, -0.15) is 0 Å². The molecule has 0 atom stereocenters. The largest absolute Gasteiger partial charge is 0.493 e. The standard InChI is InChI=1S/C39H43F2N5O7.C33H35F2N5O5/c1-38(2,3)53-37(49)46-19-17-45(18-20-46)16-5-21-51-34-24-30-28(23-33(34)50-4)31(12-15-42-30)52-32-11-10-27(22-29(32)41)44-36(48)39(13-14-39)35(47)43-26-8-6-25(40)7-9-26;1-4-40(5-2)15-6-16-44-29-19-26-24(18-28(29)43-3)30(37-20-36-26)45-27-12-11-23(17-25(27)35)39-32(42)33(13-14-33)31(41)38-22-9-7-21(34)8-10-22/h6-12,15,22-24H,5,13-14,16-21H2,1-4H3,(H,43,47)(H,44,48);7-12,17-20H,4-6,13-16H2,1-3H3,(H,38,41)(H,39,42). The molecule has 516 valence electrons. The fourth-order valence-electron chi connectivity index (χ4n) is 10.8. The molecule has 0 radical (unpaired) electrons. The molecule has 1 aliphatic heterocycles. The number of benzene rings is 6. The molecular formula is C72H78F4N10O12. The number of ether oxygens (including phenoxy) is 7. The number of anilines is 4. The highest BCUT2D eigenvalue weighted by Gasteiger charge is 2.57. The van der Waals surface area contributed by atoms with Crippen LogP contribution in [0.4, 0.5) is 45.1 Å². The molecule has 22 nitrogen and oxygen atoms in total. The Labute approximate surface area is 564 Å². The van der Waals surface area contributed by atoms with Gasteiger partial charge in [-0.25, -0.2) is 32.3 Å². The zero-order chi connectivity index (χ0) is 69.7. The Balaban J connectivity index is 0.000000215. The number of aromatic nitrogens is 3. The van der Waals surface area contributed by atoms with E-state index in [0.717, 1.165) is 64.2 Å². The first-order valence-corrected chi connectivity index (χ1v) is 32.3. The Kier molecular flexibility index (Phi) is 22.5. The van der Waals surface area contributed by atoms with Gasteiger partial charge in [0.25, 0.3) is 0 Å². The molecule has 26 heteroatoms. The second kappa shape index (κ2) is 31.2. The van der Waals surface area contributed by atoms with Crippen molar-refractivity contribution in [3.05, 3.63) is 151 Å². The van der Waals surface area contributed by atoms with Crippen molar-refractivity contribution >= 4 is 74.3 Å². The van der Waals surface area contributed by atoms with Crippen LogP contribution < -0.4 is 49.7 Å². The Morgan fingerprint density at radius 3 is 1.47 bits per heavy atom. The second-order valence-corrected chi connectivity index (χ2v) is 24.8. The van der Waals surface area contributed by atoms with Crippen molar-refractivity contribution in [3.8, 4) is 46.1 Å². The van der Waals surface area contributed by atoms with Gasteiger partial charge in [0.15, 0.2) is 46.1 Å². The van der Waals surface area contributed by atoms with E-state index in [9.17, 15) is 32.8 Å². The molecule has 2 saturated carbocycles. The van der Waals surface area contributed by atoms with Crippen LogP contribution in [0.2, 0.25) is 0 Å². The monoisotopic (exact) mass is 1350 g/mol. The molecule has 2 aliphatic carbocycles. The maximum absolute atomic E-state index is 15.3. The normalized spacial score (nSPS) is 14.5. The van der Waals surface area contributed by atoms with Crippen LogP contribution in [0.15, 0.2) is 128 Å². The minimum atomic E-state index is -1.29. The van der Waals surface area contributed by atoms with Gasteiger partial charge in [0, 0.05) is 97.9 Å². The van der Waals surface area contributed by atoms with E-state index in [-0.39, 0.29) is 34.8 Å². The van der Waals surface area contributed by atoms with Gasteiger partial charge in [-0.15, -0.1) is 0 Å². The first-order valence-electron chi connectivity index (χ1n) is 32.3. The predicted octanol–water partition coefficient (Wildman–Crippen LogP) is 13.2. The number of carbonyl (C=O) groups excluding carboxylic acids is 5. The number of carbonyl (C=O) groups is 5. The lowest BCUT2D eigenvalue weighted by molar-refractivity contribution is -0.132.